The second-order valence-corrected chi connectivity index (χ2v) is 11.4. The topological polar surface area (TPSA) is 93.8 Å². The molecule has 0 atom stereocenters. The third-order valence-corrected chi connectivity index (χ3v) is 7.33. The van der Waals surface area contributed by atoms with Crippen LogP contribution in [0.5, 0.6) is 0 Å². The van der Waals surface area contributed by atoms with Gasteiger partial charge in [-0.1, -0.05) is 30.3 Å². The van der Waals surface area contributed by atoms with Crippen LogP contribution in [0.3, 0.4) is 0 Å². The summed E-state index contributed by atoms with van der Waals surface area (Å²) in [6.07, 6.45) is 5.22. The van der Waals surface area contributed by atoms with Crippen LogP contribution >= 0.6 is 0 Å². The fourth-order valence-electron chi connectivity index (χ4n) is 4.78. The molecule has 9 nitrogen and oxygen atoms in total. The number of hydrogen-bond donors (Lipinski definition) is 2. The Labute approximate surface area is 212 Å². The Hall–Kier alpha value is -2.92. The van der Waals surface area contributed by atoms with Crippen molar-refractivity contribution in [2.45, 2.75) is 6.54 Å². The van der Waals surface area contributed by atoms with E-state index < -0.39 is 10.0 Å². The molecule has 0 unspecified atom stereocenters. The number of ether oxygens (including phenoxy) is 1. The van der Waals surface area contributed by atoms with E-state index in [1.165, 1.54) is 11.8 Å². The van der Waals surface area contributed by atoms with E-state index in [0.29, 0.717) is 5.69 Å². The van der Waals surface area contributed by atoms with E-state index in [1.54, 1.807) is 0 Å². The molecule has 0 saturated carbocycles. The average molecular weight is 511 g/mol. The molecule has 0 aliphatic carbocycles. The molecule has 3 aromatic rings. The van der Waals surface area contributed by atoms with E-state index >= 15 is 0 Å². The van der Waals surface area contributed by atoms with E-state index in [0.717, 1.165) is 86.9 Å². The van der Waals surface area contributed by atoms with Crippen LogP contribution in [0.4, 0.5) is 11.4 Å². The second kappa shape index (κ2) is 10.6. The Kier molecular flexibility index (Phi) is 7.29. The molecule has 0 radical (unpaired) electrons. The number of anilines is 2. The number of H-pyrrole nitrogens is 1. The first-order valence-electron chi connectivity index (χ1n) is 12.3. The summed E-state index contributed by atoms with van der Waals surface area (Å²) in [7, 11) is -1.33. The van der Waals surface area contributed by atoms with Gasteiger partial charge in [0.25, 0.3) is 0 Å². The van der Waals surface area contributed by atoms with Crippen molar-refractivity contribution >= 4 is 44.5 Å². The summed E-state index contributed by atoms with van der Waals surface area (Å²) in [4.78, 5) is 6.90. The number of piperazine rings is 1. The van der Waals surface area contributed by atoms with Gasteiger partial charge in [-0.05, 0) is 36.4 Å². The zero-order valence-electron chi connectivity index (χ0n) is 20.9. The minimum Gasteiger partial charge on any atom is -0.379 e. The molecule has 3 heterocycles. The number of rotatable bonds is 7. The van der Waals surface area contributed by atoms with E-state index in [1.807, 2.05) is 18.2 Å². The molecule has 36 heavy (non-hydrogen) atoms. The fraction of sp³-hybridized carbons (Fsp3) is 0.423. The van der Waals surface area contributed by atoms with Gasteiger partial charge in [0.1, 0.15) is 0 Å². The number of nitrogens with zero attached hydrogens (tertiary/aromatic N) is 4. The number of aromatic amines is 1. The SMILES string of the molecule is CN1CCN(c2cc3[nH]nc(C=Cc4cccc(CN5CCOCC5)c4)c3cc2NS(C)(=O)=O)CC1. The number of aromatic nitrogens is 2. The highest BCUT2D eigenvalue weighted by Gasteiger charge is 2.20. The predicted molar refractivity (Wildman–Crippen MR) is 146 cm³/mol. The number of likely N-dealkylation sites (N-methyl/N-ethyl adjacent to an activating group) is 1. The van der Waals surface area contributed by atoms with Crippen molar-refractivity contribution in [3.05, 3.63) is 53.2 Å². The summed E-state index contributed by atoms with van der Waals surface area (Å²) in [5.41, 5.74) is 5.46. The van der Waals surface area contributed by atoms with Crippen LogP contribution in [0.1, 0.15) is 16.8 Å². The lowest BCUT2D eigenvalue weighted by Crippen LogP contribution is -2.44. The Morgan fingerprint density at radius 2 is 1.83 bits per heavy atom. The number of benzene rings is 2. The molecule has 192 valence electrons. The minimum absolute atomic E-state index is 0.582. The molecule has 2 aliphatic rings. The maximum Gasteiger partial charge on any atom is 0.229 e. The Morgan fingerprint density at radius 3 is 2.58 bits per heavy atom. The van der Waals surface area contributed by atoms with Crippen LogP contribution < -0.4 is 9.62 Å². The predicted octanol–water partition coefficient (Wildman–Crippen LogP) is 2.69. The van der Waals surface area contributed by atoms with E-state index in [2.05, 4.69) is 67.0 Å². The monoisotopic (exact) mass is 510 g/mol. The molecule has 2 saturated heterocycles. The van der Waals surface area contributed by atoms with Crippen molar-refractivity contribution in [2.75, 3.05) is 75.4 Å². The highest BCUT2D eigenvalue weighted by molar-refractivity contribution is 7.92. The summed E-state index contributed by atoms with van der Waals surface area (Å²) in [5.74, 6) is 0. The fourth-order valence-corrected chi connectivity index (χ4v) is 5.34. The lowest BCUT2D eigenvalue weighted by atomic mass is 10.1. The van der Waals surface area contributed by atoms with Gasteiger partial charge in [0, 0.05) is 51.2 Å². The van der Waals surface area contributed by atoms with Gasteiger partial charge in [0.05, 0.1) is 42.1 Å². The first-order valence-corrected chi connectivity index (χ1v) is 14.2. The molecule has 0 bridgehead atoms. The maximum absolute atomic E-state index is 12.1. The molecular weight excluding hydrogens is 476 g/mol. The standard InChI is InChI=1S/C26H34N6O3S/c1-30-8-10-32(11-9-30)26-18-24-22(17-25(26)29-36(2,33)34)23(27-28-24)7-6-20-4-3-5-21(16-20)19-31-12-14-35-15-13-31/h3-7,16-18,29H,8-15,19H2,1-2H3,(H,27,28). The van der Waals surface area contributed by atoms with Crippen LogP contribution in [0.15, 0.2) is 36.4 Å². The molecule has 2 N–H and O–H groups in total. The van der Waals surface area contributed by atoms with Crippen molar-refractivity contribution in [3.63, 3.8) is 0 Å². The third-order valence-electron chi connectivity index (χ3n) is 6.74. The zero-order chi connectivity index (χ0) is 25.1. The first-order chi connectivity index (χ1) is 17.3. The lowest BCUT2D eigenvalue weighted by molar-refractivity contribution is 0.0342. The van der Waals surface area contributed by atoms with Gasteiger partial charge in [-0.25, -0.2) is 8.42 Å². The minimum atomic E-state index is -3.43. The second-order valence-electron chi connectivity index (χ2n) is 9.66. The van der Waals surface area contributed by atoms with Crippen LogP contribution in [-0.2, 0) is 21.3 Å². The number of morpholine rings is 1. The maximum atomic E-state index is 12.1. The van der Waals surface area contributed by atoms with Gasteiger partial charge in [0.2, 0.25) is 10.0 Å². The Bertz CT molecular complexity index is 1340. The quantitative estimate of drug-likeness (QED) is 0.505. The number of fused-ring (bicyclic) bond motifs is 1. The highest BCUT2D eigenvalue weighted by atomic mass is 32.2. The first kappa shape index (κ1) is 24.8. The normalized spacial score (nSPS) is 18.3. The van der Waals surface area contributed by atoms with Crippen molar-refractivity contribution < 1.29 is 13.2 Å². The van der Waals surface area contributed by atoms with Crippen LogP contribution in [-0.4, -0.2) is 94.2 Å². The molecule has 2 aliphatic heterocycles. The smallest absolute Gasteiger partial charge is 0.229 e. The van der Waals surface area contributed by atoms with E-state index in [-0.39, 0.29) is 0 Å². The summed E-state index contributed by atoms with van der Waals surface area (Å²) >= 11 is 0. The van der Waals surface area contributed by atoms with Gasteiger partial charge in [0.15, 0.2) is 0 Å². The van der Waals surface area contributed by atoms with Crippen molar-refractivity contribution in [1.29, 1.82) is 0 Å². The van der Waals surface area contributed by atoms with Gasteiger partial charge in [-0.2, -0.15) is 5.10 Å². The third kappa shape index (κ3) is 6.07. The molecular formula is C26H34N6O3S. The highest BCUT2D eigenvalue weighted by Crippen LogP contribution is 2.33. The van der Waals surface area contributed by atoms with Crippen LogP contribution in [0.2, 0.25) is 0 Å². The molecule has 2 fully saturated rings. The van der Waals surface area contributed by atoms with Gasteiger partial charge >= 0.3 is 0 Å². The average Bonchev–Trinajstić information content (AvgIpc) is 3.24. The summed E-state index contributed by atoms with van der Waals surface area (Å²) in [6.45, 7) is 7.93. The largest absolute Gasteiger partial charge is 0.379 e. The van der Waals surface area contributed by atoms with Gasteiger partial charge in [-0.3, -0.25) is 14.7 Å². The molecule has 0 amide bonds. The Balaban J connectivity index is 1.41. The van der Waals surface area contributed by atoms with Crippen molar-refractivity contribution in [1.82, 2.24) is 20.0 Å². The molecule has 2 aromatic carbocycles. The van der Waals surface area contributed by atoms with E-state index in [4.69, 9.17) is 4.74 Å². The molecule has 10 heteroatoms. The van der Waals surface area contributed by atoms with Crippen LogP contribution in [0, 0.1) is 0 Å². The van der Waals surface area contributed by atoms with E-state index in [9.17, 15) is 8.42 Å². The summed E-state index contributed by atoms with van der Waals surface area (Å²) in [6, 6.07) is 12.4. The van der Waals surface area contributed by atoms with Gasteiger partial charge < -0.3 is 14.5 Å². The Morgan fingerprint density at radius 1 is 1.06 bits per heavy atom. The molecule has 5 rings (SSSR count). The number of sulfonamides is 1. The van der Waals surface area contributed by atoms with Crippen molar-refractivity contribution in [2.24, 2.45) is 0 Å². The molecule has 1 aromatic heterocycles. The van der Waals surface area contributed by atoms with Crippen LogP contribution in [0.25, 0.3) is 23.1 Å². The van der Waals surface area contributed by atoms with Gasteiger partial charge in [-0.15, -0.1) is 0 Å². The zero-order valence-corrected chi connectivity index (χ0v) is 21.7. The van der Waals surface area contributed by atoms with Crippen molar-refractivity contribution in [3.8, 4) is 0 Å². The number of nitrogens with one attached hydrogen (secondary N) is 2. The lowest BCUT2D eigenvalue weighted by Gasteiger charge is -2.35. The summed E-state index contributed by atoms with van der Waals surface area (Å²) < 4.78 is 32.5. The molecule has 0 spiro atoms. The summed E-state index contributed by atoms with van der Waals surface area (Å²) in [5, 5.41) is 8.53. The number of hydrogen-bond acceptors (Lipinski definition) is 7.